The molecule has 0 radical (unpaired) electrons. The third kappa shape index (κ3) is 2.78. The number of carbonyl (C=O) groups excluding carboxylic acids is 1. The molecule has 1 unspecified atom stereocenters. The first-order valence-corrected chi connectivity index (χ1v) is 8.71. The quantitative estimate of drug-likeness (QED) is 0.648. The maximum atomic E-state index is 12.2. The second kappa shape index (κ2) is 6.29. The van der Waals surface area contributed by atoms with E-state index in [9.17, 15) is 4.79 Å². The van der Waals surface area contributed by atoms with E-state index in [0.29, 0.717) is 18.5 Å². The Bertz CT molecular complexity index is 908. The van der Waals surface area contributed by atoms with Gasteiger partial charge in [0.1, 0.15) is 6.10 Å². The highest BCUT2D eigenvalue weighted by molar-refractivity contribution is 9.10. The van der Waals surface area contributed by atoms with Gasteiger partial charge in [-0.15, -0.1) is 0 Å². The molecule has 3 nitrogen and oxygen atoms in total. The molecule has 3 aromatic carbocycles. The SMILES string of the molecule is O=C(OC1CNc2c(cc(Br)c3ccccc23)C1)c1ccccc1. The molecule has 24 heavy (non-hydrogen) atoms. The minimum absolute atomic E-state index is 0.168. The smallest absolute Gasteiger partial charge is 0.338 e. The number of halogens is 1. The van der Waals surface area contributed by atoms with Gasteiger partial charge in [0.15, 0.2) is 0 Å². The molecule has 0 aliphatic carbocycles. The van der Waals surface area contributed by atoms with Crippen LogP contribution in [0, 0.1) is 0 Å². The third-order valence-electron chi connectivity index (χ3n) is 4.31. The van der Waals surface area contributed by atoms with Crippen LogP contribution in [0.5, 0.6) is 0 Å². The van der Waals surface area contributed by atoms with Crippen molar-refractivity contribution in [3.05, 3.63) is 76.3 Å². The maximum absolute atomic E-state index is 12.2. The fourth-order valence-electron chi connectivity index (χ4n) is 3.17. The van der Waals surface area contributed by atoms with Crippen molar-refractivity contribution in [1.29, 1.82) is 0 Å². The molecule has 0 saturated heterocycles. The Balaban J connectivity index is 1.59. The van der Waals surface area contributed by atoms with Gasteiger partial charge in [0.05, 0.1) is 12.1 Å². The molecule has 1 N–H and O–H groups in total. The molecule has 3 aromatic rings. The van der Waals surface area contributed by atoms with E-state index >= 15 is 0 Å². The topological polar surface area (TPSA) is 38.3 Å². The van der Waals surface area contributed by atoms with E-state index in [1.807, 2.05) is 30.3 Å². The van der Waals surface area contributed by atoms with Crippen LogP contribution in [0.4, 0.5) is 5.69 Å². The molecule has 4 rings (SSSR count). The Morgan fingerprint density at radius 2 is 1.75 bits per heavy atom. The van der Waals surface area contributed by atoms with E-state index in [4.69, 9.17) is 4.74 Å². The molecule has 1 aliphatic rings. The van der Waals surface area contributed by atoms with E-state index in [-0.39, 0.29) is 12.1 Å². The molecule has 0 bridgehead atoms. The summed E-state index contributed by atoms with van der Waals surface area (Å²) >= 11 is 3.65. The normalized spacial score (nSPS) is 16.3. The van der Waals surface area contributed by atoms with Gasteiger partial charge in [-0.25, -0.2) is 4.79 Å². The summed E-state index contributed by atoms with van der Waals surface area (Å²) in [4.78, 5) is 12.2. The number of ether oxygens (including phenoxy) is 1. The Kier molecular flexibility index (Phi) is 3.98. The average Bonchev–Trinajstić information content (AvgIpc) is 2.62. The van der Waals surface area contributed by atoms with Crippen molar-refractivity contribution < 1.29 is 9.53 Å². The van der Waals surface area contributed by atoms with E-state index in [2.05, 4.69) is 39.4 Å². The van der Waals surface area contributed by atoms with Crippen LogP contribution in [0.1, 0.15) is 15.9 Å². The third-order valence-corrected chi connectivity index (χ3v) is 4.97. The van der Waals surface area contributed by atoms with Gasteiger partial charge in [-0.05, 0) is 29.1 Å². The van der Waals surface area contributed by atoms with Crippen LogP contribution < -0.4 is 5.32 Å². The van der Waals surface area contributed by atoms with Crippen molar-refractivity contribution in [3.63, 3.8) is 0 Å². The van der Waals surface area contributed by atoms with Crippen molar-refractivity contribution in [2.24, 2.45) is 0 Å². The van der Waals surface area contributed by atoms with E-state index < -0.39 is 0 Å². The minimum atomic E-state index is -0.272. The van der Waals surface area contributed by atoms with Crippen LogP contribution in [0.25, 0.3) is 10.8 Å². The highest BCUT2D eigenvalue weighted by Crippen LogP contribution is 2.36. The molecule has 0 spiro atoms. The lowest BCUT2D eigenvalue weighted by Gasteiger charge is -2.27. The van der Waals surface area contributed by atoms with Crippen molar-refractivity contribution in [2.45, 2.75) is 12.5 Å². The first-order valence-electron chi connectivity index (χ1n) is 7.92. The number of hydrogen-bond donors (Lipinski definition) is 1. The van der Waals surface area contributed by atoms with Gasteiger partial charge < -0.3 is 10.1 Å². The van der Waals surface area contributed by atoms with E-state index in [0.717, 1.165) is 15.7 Å². The van der Waals surface area contributed by atoms with Crippen LogP contribution in [-0.4, -0.2) is 18.6 Å². The Morgan fingerprint density at radius 3 is 2.54 bits per heavy atom. The van der Waals surface area contributed by atoms with Crippen LogP contribution >= 0.6 is 15.9 Å². The van der Waals surface area contributed by atoms with Gasteiger partial charge in [-0.3, -0.25) is 0 Å². The Hall–Kier alpha value is -2.33. The van der Waals surface area contributed by atoms with Crippen LogP contribution in [-0.2, 0) is 11.2 Å². The lowest BCUT2D eigenvalue weighted by molar-refractivity contribution is 0.0324. The van der Waals surface area contributed by atoms with Gasteiger partial charge in [0.2, 0.25) is 0 Å². The number of hydrogen-bond acceptors (Lipinski definition) is 3. The summed E-state index contributed by atoms with van der Waals surface area (Å²) in [7, 11) is 0. The largest absolute Gasteiger partial charge is 0.457 e. The molecule has 0 amide bonds. The second-order valence-corrected chi connectivity index (χ2v) is 6.77. The molecule has 0 fully saturated rings. The molecular weight excluding hydrogens is 366 g/mol. The van der Waals surface area contributed by atoms with Crippen molar-refractivity contribution in [1.82, 2.24) is 0 Å². The monoisotopic (exact) mass is 381 g/mol. The number of anilines is 1. The van der Waals surface area contributed by atoms with Gasteiger partial charge in [0.25, 0.3) is 0 Å². The zero-order chi connectivity index (χ0) is 16.5. The van der Waals surface area contributed by atoms with Crippen molar-refractivity contribution in [2.75, 3.05) is 11.9 Å². The summed E-state index contributed by atoms with van der Waals surface area (Å²) in [6.45, 7) is 0.622. The highest BCUT2D eigenvalue weighted by atomic mass is 79.9. The number of nitrogens with one attached hydrogen (secondary N) is 1. The predicted octanol–water partition coefficient (Wildman–Crippen LogP) is 4.80. The average molecular weight is 382 g/mol. The molecule has 0 aromatic heterocycles. The van der Waals surface area contributed by atoms with Crippen LogP contribution in [0.2, 0.25) is 0 Å². The van der Waals surface area contributed by atoms with Gasteiger partial charge in [0, 0.05) is 22.0 Å². The van der Waals surface area contributed by atoms with Crippen molar-refractivity contribution in [3.8, 4) is 0 Å². The number of benzene rings is 3. The molecule has 1 heterocycles. The highest BCUT2D eigenvalue weighted by Gasteiger charge is 2.24. The zero-order valence-corrected chi connectivity index (χ0v) is 14.5. The number of rotatable bonds is 2. The maximum Gasteiger partial charge on any atom is 0.338 e. The van der Waals surface area contributed by atoms with Crippen molar-refractivity contribution >= 4 is 38.4 Å². The molecule has 120 valence electrons. The number of esters is 1. The van der Waals surface area contributed by atoms with Gasteiger partial charge in [-0.2, -0.15) is 0 Å². The van der Waals surface area contributed by atoms with E-state index in [1.54, 1.807) is 12.1 Å². The molecular formula is C20H16BrNO2. The lowest BCUT2D eigenvalue weighted by Crippen LogP contribution is -2.32. The number of fused-ring (bicyclic) bond motifs is 3. The van der Waals surface area contributed by atoms with Crippen LogP contribution in [0.3, 0.4) is 0 Å². The summed E-state index contributed by atoms with van der Waals surface area (Å²) in [6.07, 6.45) is 0.544. The predicted molar refractivity (Wildman–Crippen MR) is 99.5 cm³/mol. The zero-order valence-electron chi connectivity index (χ0n) is 13.0. The summed E-state index contributed by atoms with van der Waals surface area (Å²) in [6, 6.07) is 19.5. The fourth-order valence-corrected chi connectivity index (χ4v) is 3.79. The molecule has 4 heteroatoms. The fraction of sp³-hybridized carbons (Fsp3) is 0.150. The van der Waals surface area contributed by atoms with Gasteiger partial charge in [-0.1, -0.05) is 58.4 Å². The first kappa shape index (κ1) is 15.2. The molecule has 0 saturated carbocycles. The molecule has 1 atom stereocenters. The lowest BCUT2D eigenvalue weighted by atomic mass is 9.96. The first-order chi connectivity index (χ1) is 11.7. The number of carbonyl (C=O) groups is 1. The van der Waals surface area contributed by atoms with E-state index in [1.165, 1.54) is 10.8 Å². The standard InChI is InChI=1S/C20H16BrNO2/c21-18-11-14-10-15(24-20(23)13-6-2-1-3-7-13)12-22-19(14)17-9-5-4-8-16(17)18/h1-9,11,15,22H,10,12H2. The van der Waals surface area contributed by atoms with Crippen LogP contribution in [0.15, 0.2) is 65.1 Å². The summed E-state index contributed by atoms with van der Waals surface area (Å²) in [5.41, 5.74) is 2.89. The summed E-state index contributed by atoms with van der Waals surface area (Å²) in [5, 5.41) is 5.82. The Labute approximate surface area is 148 Å². The second-order valence-electron chi connectivity index (χ2n) is 5.92. The molecule has 1 aliphatic heterocycles. The van der Waals surface area contributed by atoms with Gasteiger partial charge >= 0.3 is 5.97 Å². The summed E-state index contributed by atoms with van der Waals surface area (Å²) in [5.74, 6) is -0.272. The summed E-state index contributed by atoms with van der Waals surface area (Å²) < 4.78 is 6.73. The Morgan fingerprint density at radius 1 is 1.04 bits per heavy atom. The minimum Gasteiger partial charge on any atom is -0.457 e.